The molecule has 5 heteroatoms. The maximum Gasteiger partial charge on any atom is 0.261 e. The molecule has 0 spiro atoms. The fourth-order valence-corrected chi connectivity index (χ4v) is 1.83. The molecule has 0 aliphatic carbocycles. The molecule has 1 aromatic carbocycles. The second-order valence-corrected chi connectivity index (χ2v) is 6.01. The van der Waals surface area contributed by atoms with Crippen LogP contribution in [0.3, 0.4) is 0 Å². The van der Waals surface area contributed by atoms with E-state index >= 15 is 0 Å². The van der Waals surface area contributed by atoms with Gasteiger partial charge in [0.15, 0.2) is 11.9 Å². The Morgan fingerprint density at radius 2 is 2.06 bits per heavy atom. The Balaban J connectivity index is 2.76. The molecule has 1 aromatic rings. The highest BCUT2D eigenvalue weighted by Crippen LogP contribution is 2.31. The third-order valence-electron chi connectivity index (χ3n) is 2.16. The number of nitrogens with two attached hydrogens (primary N) is 1. The molecule has 1 atom stereocenters. The summed E-state index contributed by atoms with van der Waals surface area (Å²) in [4.78, 5) is 11.9. The summed E-state index contributed by atoms with van der Waals surface area (Å²) in [5.74, 6) is 0.326. The third kappa shape index (κ3) is 4.22. The second-order valence-electron chi connectivity index (χ2n) is 5.16. The molecule has 100 valence electrons. The summed E-state index contributed by atoms with van der Waals surface area (Å²) in [5, 5.41) is 2.86. The van der Waals surface area contributed by atoms with Crippen molar-refractivity contribution in [2.45, 2.75) is 39.3 Å². The monoisotopic (exact) mass is 314 g/mol. The molecule has 4 nitrogen and oxygen atoms in total. The summed E-state index contributed by atoms with van der Waals surface area (Å²) < 4.78 is 6.33. The predicted molar refractivity (Wildman–Crippen MR) is 76.5 cm³/mol. The summed E-state index contributed by atoms with van der Waals surface area (Å²) in [7, 11) is 0. The third-order valence-corrected chi connectivity index (χ3v) is 2.78. The summed E-state index contributed by atoms with van der Waals surface area (Å²) in [5.41, 5.74) is 6.03. The zero-order valence-electron chi connectivity index (χ0n) is 11.1. The van der Waals surface area contributed by atoms with Gasteiger partial charge in [0.1, 0.15) is 0 Å². The predicted octanol–water partition coefficient (Wildman–Crippen LogP) is 2.71. The SMILES string of the molecule is CC(Oc1c(N)cccc1Br)C(=O)NC(C)(C)C. The number of ether oxygens (including phenoxy) is 1. The topological polar surface area (TPSA) is 64.3 Å². The van der Waals surface area contributed by atoms with Crippen LogP contribution < -0.4 is 15.8 Å². The molecule has 0 aromatic heterocycles. The van der Waals surface area contributed by atoms with Gasteiger partial charge in [0.25, 0.3) is 5.91 Å². The van der Waals surface area contributed by atoms with Crippen LogP contribution in [0.5, 0.6) is 5.75 Å². The minimum absolute atomic E-state index is 0.169. The van der Waals surface area contributed by atoms with Crippen molar-refractivity contribution in [3.63, 3.8) is 0 Å². The number of benzene rings is 1. The van der Waals surface area contributed by atoms with Gasteiger partial charge in [-0.3, -0.25) is 4.79 Å². The van der Waals surface area contributed by atoms with Crippen LogP contribution in [0.4, 0.5) is 5.69 Å². The molecule has 0 fully saturated rings. The van der Waals surface area contributed by atoms with Gasteiger partial charge in [-0.2, -0.15) is 0 Å². The molecule has 0 saturated heterocycles. The zero-order chi connectivity index (χ0) is 13.9. The lowest BCUT2D eigenvalue weighted by Crippen LogP contribution is -2.46. The van der Waals surface area contributed by atoms with Gasteiger partial charge in [-0.05, 0) is 55.8 Å². The largest absolute Gasteiger partial charge is 0.478 e. The van der Waals surface area contributed by atoms with E-state index in [4.69, 9.17) is 10.5 Å². The second kappa shape index (κ2) is 5.61. The highest BCUT2D eigenvalue weighted by Gasteiger charge is 2.21. The van der Waals surface area contributed by atoms with Gasteiger partial charge >= 0.3 is 0 Å². The van der Waals surface area contributed by atoms with Gasteiger partial charge in [0.05, 0.1) is 10.2 Å². The smallest absolute Gasteiger partial charge is 0.261 e. The summed E-state index contributed by atoms with van der Waals surface area (Å²) in [6, 6.07) is 5.36. The highest BCUT2D eigenvalue weighted by molar-refractivity contribution is 9.10. The molecule has 0 bridgehead atoms. The zero-order valence-corrected chi connectivity index (χ0v) is 12.7. The lowest BCUT2D eigenvalue weighted by atomic mass is 10.1. The van der Waals surface area contributed by atoms with E-state index in [1.807, 2.05) is 32.9 Å². The normalized spacial score (nSPS) is 12.9. The average Bonchev–Trinajstić information content (AvgIpc) is 2.21. The lowest BCUT2D eigenvalue weighted by Gasteiger charge is -2.24. The number of hydrogen-bond donors (Lipinski definition) is 2. The Morgan fingerprint density at radius 1 is 1.44 bits per heavy atom. The number of para-hydroxylation sites is 1. The van der Waals surface area contributed by atoms with Gasteiger partial charge in [-0.15, -0.1) is 0 Å². The molecule has 18 heavy (non-hydrogen) atoms. The fourth-order valence-electron chi connectivity index (χ4n) is 1.35. The minimum Gasteiger partial charge on any atom is -0.478 e. The molecule has 1 rings (SSSR count). The maximum absolute atomic E-state index is 11.9. The first kappa shape index (κ1) is 14.8. The van der Waals surface area contributed by atoms with E-state index in [1.54, 1.807) is 13.0 Å². The van der Waals surface area contributed by atoms with Gasteiger partial charge in [-0.25, -0.2) is 0 Å². The molecule has 0 heterocycles. The molecule has 1 unspecified atom stereocenters. The highest BCUT2D eigenvalue weighted by atomic mass is 79.9. The van der Waals surface area contributed by atoms with Crippen LogP contribution in [0.15, 0.2) is 22.7 Å². The van der Waals surface area contributed by atoms with Crippen LogP contribution in [0.1, 0.15) is 27.7 Å². The number of nitrogen functional groups attached to an aromatic ring is 1. The number of hydrogen-bond acceptors (Lipinski definition) is 3. The molecular weight excluding hydrogens is 296 g/mol. The Bertz CT molecular complexity index is 421. The van der Waals surface area contributed by atoms with Crippen molar-refractivity contribution in [3.8, 4) is 5.75 Å². The van der Waals surface area contributed by atoms with Crippen LogP contribution in [0.2, 0.25) is 0 Å². The van der Waals surface area contributed by atoms with E-state index in [2.05, 4.69) is 21.2 Å². The van der Waals surface area contributed by atoms with Gasteiger partial charge in [-0.1, -0.05) is 6.07 Å². The van der Waals surface area contributed by atoms with E-state index in [0.29, 0.717) is 11.4 Å². The maximum atomic E-state index is 11.9. The Hall–Kier alpha value is -1.23. The summed E-state index contributed by atoms with van der Waals surface area (Å²) in [6.45, 7) is 7.46. The number of nitrogens with one attached hydrogen (secondary N) is 1. The van der Waals surface area contributed by atoms with E-state index in [1.165, 1.54) is 0 Å². The van der Waals surface area contributed by atoms with E-state index in [0.717, 1.165) is 4.47 Å². The van der Waals surface area contributed by atoms with Crippen molar-refractivity contribution in [1.29, 1.82) is 0 Å². The van der Waals surface area contributed by atoms with Crippen LogP contribution >= 0.6 is 15.9 Å². The molecule has 1 amide bonds. The Labute approximate surface area is 116 Å². The first-order valence-corrected chi connectivity index (χ1v) is 6.52. The Morgan fingerprint density at radius 3 is 2.56 bits per heavy atom. The lowest BCUT2D eigenvalue weighted by molar-refractivity contribution is -0.128. The molecule has 0 aliphatic heterocycles. The summed E-state index contributed by atoms with van der Waals surface area (Å²) >= 11 is 3.35. The van der Waals surface area contributed by atoms with Crippen molar-refractivity contribution in [1.82, 2.24) is 5.32 Å². The van der Waals surface area contributed by atoms with Crippen LogP contribution in [-0.4, -0.2) is 17.6 Å². The van der Waals surface area contributed by atoms with Gasteiger partial charge in [0.2, 0.25) is 0 Å². The fraction of sp³-hybridized carbons (Fsp3) is 0.462. The van der Waals surface area contributed by atoms with Crippen molar-refractivity contribution >= 4 is 27.5 Å². The number of carbonyl (C=O) groups is 1. The first-order valence-electron chi connectivity index (χ1n) is 5.73. The summed E-state index contributed by atoms with van der Waals surface area (Å²) in [6.07, 6.45) is -0.606. The van der Waals surface area contributed by atoms with Crippen LogP contribution in [0.25, 0.3) is 0 Å². The van der Waals surface area contributed by atoms with Gasteiger partial charge in [0, 0.05) is 5.54 Å². The number of halogens is 1. The van der Waals surface area contributed by atoms with Crippen molar-refractivity contribution in [2.75, 3.05) is 5.73 Å². The standard InChI is InChI=1S/C13H19BrN2O2/c1-8(12(17)16-13(2,3)4)18-11-9(14)6-5-7-10(11)15/h5-8H,15H2,1-4H3,(H,16,17). The Kier molecular flexibility index (Phi) is 4.62. The number of anilines is 1. The quantitative estimate of drug-likeness (QED) is 0.843. The average molecular weight is 315 g/mol. The van der Waals surface area contributed by atoms with E-state index < -0.39 is 6.10 Å². The number of rotatable bonds is 3. The van der Waals surface area contributed by atoms with E-state index in [9.17, 15) is 4.79 Å². The minimum atomic E-state index is -0.606. The van der Waals surface area contributed by atoms with Crippen molar-refractivity contribution in [3.05, 3.63) is 22.7 Å². The number of amides is 1. The van der Waals surface area contributed by atoms with Crippen LogP contribution in [0, 0.1) is 0 Å². The van der Waals surface area contributed by atoms with Gasteiger partial charge < -0.3 is 15.8 Å². The molecule has 3 N–H and O–H groups in total. The van der Waals surface area contributed by atoms with Crippen molar-refractivity contribution in [2.24, 2.45) is 0 Å². The first-order chi connectivity index (χ1) is 8.20. The number of carbonyl (C=O) groups excluding carboxylic acids is 1. The molecule has 0 aliphatic rings. The molecule has 0 saturated carbocycles. The van der Waals surface area contributed by atoms with Crippen molar-refractivity contribution < 1.29 is 9.53 Å². The molecular formula is C13H19BrN2O2. The van der Waals surface area contributed by atoms with E-state index in [-0.39, 0.29) is 11.4 Å². The molecule has 0 radical (unpaired) electrons. The van der Waals surface area contributed by atoms with Crippen LogP contribution in [-0.2, 0) is 4.79 Å².